The summed E-state index contributed by atoms with van der Waals surface area (Å²) in [7, 11) is 0. The molecule has 4 atom stereocenters. The molecule has 2 N–H and O–H groups in total. The number of rotatable bonds is 9. The number of hydrogen-bond acceptors (Lipinski definition) is 5. The molecule has 1 fully saturated rings. The summed E-state index contributed by atoms with van der Waals surface area (Å²) in [5.41, 5.74) is 5.37. The van der Waals surface area contributed by atoms with Gasteiger partial charge >= 0.3 is 12.1 Å². The molecule has 0 aromatic heterocycles. The molecule has 0 bridgehead atoms. The zero-order chi connectivity index (χ0) is 28.2. The number of ether oxygens (including phenoxy) is 2. The maximum absolute atomic E-state index is 13.6. The number of nitrogens with zero attached hydrogens (tertiary/aromatic N) is 1. The van der Waals surface area contributed by atoms with Crippen LogP contribution >= 0.6 is 0 Å². The third kappa shape index (κ3) is 5.72. The number of carbonyl (C=O) groups excluding carboxylic acids is 2. The number of carboxylic acids is 1. The molecular formula is C32H34N2O6. The maximum Gasteiger partial charge on any atom is 0.407 e. The van der Waals surface area contributed by atoms with E-state index in [2.05, 4.69) is 17.4 Å². The van der Waals surface area contributed by atoms with Gasteiger partial charge < -0.3 is 24.8 Å². The van der Waals surface area contributed by atoms with Gasteiger partial charge in [-0.25, -0.2) is 4.79 Å². The molecule has 1 aliphatic carbocycles. The predicted octanol–water partition coefficient (Wildman–Crippen LogP) is 4.68. The Labute approximate surface area is 233 Å². The van der Waals surface area contributed by atoms with Crippen LogP contribution in [-0.4, -0.2) is 59.8 Å². The van der Waals surface area contributed by atoms with Crippen molar-refractivity contribution in [1.82, 2.24) is 10.2 Å². The minimum Gasteiger partial charge on any atom is -0.481 e. The van der Waals surface area contributed by atoms with Gasteiger partial charge in [-0.1, -0.05) is 85.8 Å². The summed E-state index contributed by atoms with van der Waals surface area (Å²) in [5.74, 6) is -2.28. The van der Waals surface area contributed by atoms with E-state index >= 15 is 0 Å². The molecule has 2 amide bonds. The SMILES string of the molecule is CC(OCc1ccccc1)C(NC(=O)OCC1c2ccccc2-c2ccccc21)C(=O)N1C[C@H](C(=O)O)[C@@H](C)C1. The van der Waals surface area contributed by atoms with E-state index in [1.54, 1.807) is 6.92 Å². The van der Waals surface area contributed by atoms with Crippen molar-refractivity contribution in [3.63, 3.8) is 0 Å². The Hall–Kier alpha value is -4.17. The Morgan fingerprint density at radius 1 is 0.925 bits per heavy atom. The minimum absolute atomic E-state index is 0.0869. The van der Waals surface area contributed by atoms with E-state index in [4.69, 9.17) is 9.47 Å². The number of carboxylic acid groups (broad SMARTS) is 1. The second-order valence-corrected chi connectivity index (χ2v) is 10.6. The summed E-state index contributed by atoms with van der Waals surface area (Å²) in [5, 5.41) is 12.3. The Morgan fingerprint density at radius 3 is 2.12 bits per heavy atom. The average molecular weight is 543 g/mol. The molecule has 208 valence electrons. The van der Waals surface area contributed by atoms with Crippen LogP contribution in [0.5, 0.6) is 0 Å². The van der Waals surface area contributed by atoms with Crippen LogP contribution in [0.15, 0.2) is 78.9 Å². The second-order valence-electron chi connectivity index (χ2n) is 10.6. The molecule has 3 aromatic carbocycles. The average Bonchev–Trinajstić information content (AvgIpc) is 3.52. The molecule has 1 heterocycles. The molecule has 1 aliphatic heterocycles. The lowest BCUT2D eigenvalue weighted by molar-refractivity contribution is -0.142. The first-order valence-corrected chi connectivity index (χ1v) is 13.6. The topological polar surface area (TPSA) is 105 Å². The quantitative estimate of drug-likeness (QED) is 0.407. The van der Waals surface area contributed by atoms with Gasteiger partial charge in [-0.3, -0.25) is 9.59 Å². The van der Waals surface area contributed by atoms with E-state index < -0.39 is 30.1 Å². The van der Waals surface area contributed by atoms with Crippen LogP contribution < -0.4 is 5.32 Å². The molecule has 0 radical (unpaired) electrons. The Bertz CT molecular complexity index is 1330. The number of hydrogen-bond donors (Lipinski definition) is 2. The summed E-state index contributed by atoms with van der Waals surface area (Å²) in [4.78, 5) is 39.9. The summed E-state index contributed by atoms with van der Waals surface area (Å²) in [6.07, 6.45) is -1.41. The molecule has 3 aromatic rings. The highest BCUT2D eigenvalue weighted by Gasteiger charge is 2.41. The zero-order valence-electron chi connectivity index (χ0n) is 22.7. The highest BCUT2D eigenvalue weighted by Crippen LogP contribution is 2.44. The molecular weight excluding hydrogens is 508 g/mol. The van der Waals surface area contributed by atoms with Crippen molar-refractivity contribution in [1.29, 1.82) is 0 Å². The predicted molar refractivity (Wildman–Crippen MR) is 150 cm³/mol. The van der Waals surface area contributed by atoms with Crippen molar-refractivity contribution in [2.75, 3.05) is 19.7 Å². The van der Waals surface area contributed by atoms with E-state index in [0.717, 1.165) is 27.8 Å². The van der Waals surface area contributed by atoms with Gasteiger partial charge in [0.05, 0.1) is 18.6 Å². The van der Waals surface area contributed by atoms with E-state index in [1.807, 2.05) is 73.7 Å². The van der Waals surface area contributed by atoms with Crippen molar-refractivity contribution >= 4 is 18.0 Å². The molecule has 8 nitrogen and oxygen atoms in total. The summed E-state index contributed by atoms with van der Waals surface area (Å²) in [6, 6.07) is 24.7. The highest BCUT2D eigenvalue weighted by atomic mass is 16.5. The number of nitrogens with one attached hydrogen (secondary N) is 1. The highest BCUT2D eigenvalue weighted by molar-refractivity contribution is 5.87. The number of carbonyl (C=O) groups is 3. The first-order valence-electron chi connectivity index (χ1n) is 13.6. The summed E-state index contributed by atoms with van der Waals surface area (Å²) in [6.45, 7) is 4.29. The molecule has 40 heavy (non-hydrogen) atoms. The van der Waals surface area contributed by atoms with Crippen LogP contribution in [0, 0.1) is 11.8 Å². The molecule has 8 heteroatoms. The first-order chi connectivity index (χ1) is 19.3. The smallest absolute Gasteiger partial charge is 0.407 e. The maximum atomic E-state index is 13.6. The Kier molecular flexibility index (Phi) is 8.16. The fourth-order valence-corrected chi connectivity index (χ4v) is 5.71. The van der Waals surface area contributed by atoms with Crippen LogP contribution in [0.4, 0.5) is 4.79 Å². The standard InChI is InChI=1S/C32H34N2O6/c1-20-16-34(17-27(20)31(36)37)30(35)29(21(2)39-18-22-10-4-3-5-11-22)33-32(38)40-19-28-25-14-8-6-12-23(25)24-13-7-9-15-26(24)28/h3-15,20-21,27-29H,16-19H2,1-2H3,(H,33,38)(H,36,37)/t20-,21?,27-,29?/m0/s1. The van der Waals surface area contributed by atoms with Gasteiger partial charge in [0, 0.05) is 19.0 Å². The van der Waals surface area contributed by atoms with E-state index in [-0.39, 0.29) is 37.5 Å². The molecule has 2 unspecified atom stereocenters. The van der Waals surface area contributed by atoms with Crippen LogP contribution in [0.3, 0.4) is 0 Å². The molecule has 2 aliphatic rings. The summed E-state index contributed by atoms with van der Waals surface area (Å²) < 4.78 is 11.7. The molecule has 0 spiro atoms. The van der Waals surface area contributed by atoms with Crippen molar-refractivity contribution < 1.29 is 29.0 Å². The third-order valence-electron chi connectivity index (χ3n) is 7.95. The number of aliphatic carboxylic acids is 1. The number of fused-ring (bicyclic) bond motifs is 3. The van der Waals surface area contributed by atoms with Crippen molar-refractivity contribution in [3.8, 4) is 11.1 Å². The normalized spacial score (nSPS) is 19.4. The molecule has 5 rings (SSSR count). The third-order valence-corrected chi connectivity index (χ3v) is 7.95. The zero-order valence-corrected chi connectivity index (χ0v) is 22.7. The van der Waals surface area contributed by atoms with E-state index in [0.29, 0.717) is 6.54 Å². The Balaban J connectivity index is 1.29. The fourth-order valence-electron chi connectivity index (χ4n) is 5.71. The largest absolute Gasteiger partial charge is 0.481 e. The number of likely N-dealkylation sites (tertiary alicyclic amines) is 1. The van der Waals surface area contributed by atoms with Gasteiger partial charge in [0.2, 0.25) is 5.91 Å². The number of amides is 2. The summed E-state index contributed by atoms with van der Waals surface area (Å²) >= 11 is 0. The fraction of sp³-hybridized carbons (Fsp3) is 0.344. The van der Waals surface area contributed by atoms with Crippen LogP contribution in [0.1, 0.15) is 36.5 Å². The lowest BCUT2D eigenvalue weighted by Crippen LogP contribution is -2.54. The minimum atomic E-state index is -1.04. The van der Waals surface area contributed by atoms with Gasteiger partial charge in [0.25, 0.3) is 0 Å². The lowest BCUT2D eigenvalue weighted by atomic mass is 9.98. The molecule has 1 saturated heterocycles. The van der Waals surface area contributed by atoms with Gasteiger partial charge in [0.1, 0.15) is 12.6 Å². The van der Waals surface area contributed by atoms with Crippen LogP contribution in [-0.2, 0) is 25.7 Å². The van der Waals surface area contributed by atoms with Gasteiger partial charge in [0.15, 0.2) is 0 Å². The van der Waals surface area contributed by atoms with Crippen LogP contribution in [0.2, 0.25) is 0 Å². The van der Waals surface area contributed by atoms with Gasteiger partial charge in [-0.15, -0.1) is 0 Å². The van der Waals surface area contributed by atoms with E-state index in [9.17, 15) is 19.5 Å². The van der Waals surface area contributed by atoms with Crippen LogP contribution in [0.25, 0.3) is 11.1 Å². The van der Waals surface area contributed by atoms with Crippen molar-refractivity contribution in [2.24, 2.45) is 11.8 Å². The first kappa shape index (κ1) is 27.4. The van der Waals surface area contributed by atoms with Crippen molar-refractivity contribution in [2.45, 2.75) is 38.5 Å². The van der Waals surface area contributed by atoms with Gasteiger partial charge in [-0.05, 0) is 40.7 Å². The second kappa shape index (κ2) is 11.9. The molecule has 0 saturated carbocycles. The Morgan fingerprint density at radius 2 is 1.52 bits per heavy atom. The van der Waals surface area contributed by atoms with Gasteiger partial charge in [-0.2, -0.15) is 0 Å². The number of benzene rings is 3. The lowest BCUT2D eigenvalue weighted by Gasteiger charge is -2.28. The van der Waals surface area contributed by atoms with E-state index in [1.165, 1.54) is 4.90 Å². The number of alkyl carbamates (subject to hydrolysis) is 1. The van der Waals surface area contributed by atoms with Crippen molar-refractivity contribution in [3.05, 3.63) is 95.6 Å². The monoisotopic (exact) mass is 542 g/mol.